The van der Waals surface area contributed by atoms with E-state index < -0.39 is 8.56 Å². The number of rotatable bonds is 6. The molecular weight excluding hydrogens is 304 g/mol. The van der Waals surface area contributed by atoms with Crippen LogP contribution in [0.2, 0.25) is 11.1 Å². The molecule has 0 fully saturated rings. The Hall–Kier alpha value is -2.14. The molecule has 0 saturated carbocycles. The minimum absolute atomic E-state index is 0.276. The Bertz CT molecular complexity index is 567. The van der Waals surface area contributed by atoms with Gasteiger partial charge in [-0.05, 0) is 48.5 Å². The molecule has 0 aliphatic carbocycles. The highest BCUT2D eigenvalue weighted by Gasteiger charge is 2.49. The van der Waals surface area contributed by atoms with Crippen molar-refractivity contribution in [3.8, 4) is 11.5 Å². The van der Waals surface area contributed by atoms with E-state index in [-0.39, 0.29) is 11.1 Å². The molecule has 0 saturated heterocycles. The Labute approximate surface area is 139 Å². The highest BCUT2D eigenvalue weighted by molar-refractivity contribution is 6.71. The van der Waals surface area contributed by atoms with E-state index in [1.807, 2.05) is 48.5 Å². The third kappa shape index (κ3) is 3.99. The average molecular weight is 331 g/mol. The molecule has 0 aromatic heterocycles. The Morgan fingerprint density at radius 3 is 1.22 bits per heavy atom. The van der Waals surface area contributed by atoms with Crippen molar-refractivity contribution in [2.45, 2.75) is 38.8 Å². The number of nitrogens with two attached hydrogens (primary N) is 2. The summed E-state index contributed by atoms with van der Waals surface area (Å²) in [5.74, 6) is 1.59. The maximum Gasteiger partial charge on any atom is 0.465 e. The molecule has 0 aliphatic heterocycles. The van der Waals surface area contributed by atoms with Crippen LogP contribution >= 0.6 is 0 Å². The van der Waals surface area contributed by atoms with Crippen molar-refractivity contribution < 1.29 is 8.85 Å². The van der Waals surface area contributed by atoms with Gasteiger partial charge in [-0.2, -0.15) is 0 Å². The van der Waals surface area contributed by atoms with E-state index >= 15 is 0 Å². The second-order valence-corrected chi connectivity index (χ2v) is 10.5. The maximum atomic E-state index is 6.44. The van der Waals surface area contributed by atoms with Gasteiger partial charge in [0, 0.05) is 22.5 Å². The second-order valence-electron chi connectivity index (χ2n) is 6.37. The van der Waals surface area contributed by atoms with Crippen LogP contribution in [0.3, 0.4) is 0 Å². The van der Waals surface area contributed by atoms with Crippen LogP contribution in [-0.2, 0) is 0 Å². The molecule has 0 amide bonds. The third-order valence-corrected chi connectivity index (χ3v) is 8.25. The van der Waals surface area contributed by atoms with Gasteiger partial charge < -0.3 is 20.3 Å². The van der Waals surface area contributed by atoms with Crippen LogP contribution in [0.25, 0.3) is 0 Å². The first kappa shape index (κ1) is 17.2. The summed E-state index contributed by atoms with van der Waals surface area (Å²) < 4.78 is 12.9. The molecule has 23 heavy (non-hydrogen) atoms. The summed E-state index contributed by atoms with van der Waals surface area (Å²) in [6.45, 7) is 8.61. The summed E-state index contributed by atoms with van der Waals surface area (Å²) in [6, 6.07) is 15.0. The summed E-state index contributed by atoms with van der Waals surface area (Å²) in [7, 11) is -2.55. The molecule has 2 rings (SSSR count). The molecule has 5 heteroatoms. The highest BCUT2D eigenvalue weighted by atomic mass is 28.4. The van der Waals surface area contributed by atoms with Crippen LogP contribution in [0.4, 0.5) is 11.4 Å². The van der Waals surface area contributed by atoms with E-state index in [4.69, 9.17) is 20.3 Å². The lowest BCUT2D eigenvalue weighted by Crippen LogP contribution is -2.54. The van der Waals surface area contributed by atoms with Gasteiger partial charge in [0.15, 0.2) is 0 Å². The minimum atomic E-state index is -2.55. The quantitative estimate of drug-likeness (QED) is 0.601. The van der Waals surface area contributed by atoms with E-state index in [9.17, 15) is 0 Å². The smallest absolute Gasteiger partial charge is 0.465 e. The summed E-state index contributed by atoms with van der Waals surface area (Å²) in [4.78, 5) is 0. The molecule has 4 N–H and O–H groups in total. The Morgan fingerprint density at radius 2 is 0.957 bits per heavy atom. The van der Waals surface area contributed by atoms with Gasteiger partial charge in [0.25, 0.3) is 0 Å². The molecule has 2 aromatic carbocycles. The zero-order chi connectivity index (χ0) is 17.0. The van der Waals surface area contributed by atoms with E-state index in [0.717, 1.165) is 22.9 Å². The van der Waals surface area contributed by atoms with Gasteiger partial charge in [0.2, 0.25) is 0 Å². The van der Waals surface area contributed by atoms with Gasteiger partial charge in [0.05, 0.1) is 0 Å². The van der Waals surface area contributed by atoms with Gasteiger partial charge in [-0.25, -0.2) is 0 Å². The zero-order valence-corrected chi connectivity index (χ0v) is 15.2. The molecule has 0 atom stereocenters. The van der Waals surface area contributed by atoms with Crippen LogP contribution in [0, 0.1) is 0 Å². The number of benzene rings is 2. The first-order valence-corrected chi connectivity index (χ1v) is 9.89. The number of nitrogen functional groups attached to an aromatic ring is 2. The topological polar surface area (TPSA) is 70.5 Å². The van der Waals surface area contributed by atoms with Crippen molar-refractivity contribution in [1.82, 2.24) is 0 Å². The summed E-state index contributed by atoms with van der Waals surface area (Å²) >= 11 is 0. The Balaban J connectivity index is 2.34. The Kier molecular flexibility index (Phi) is 5.21. The SMILES string of the molecule is CC(C)[Si](Oc1ccc(N)cc1)(Oc1ccc(N)cc1)C(C)C. The normalized spacial score (nSPS) is 11.7. The lowest BCUT2D eigenvalue weighted by Gasteiger charge is -2.37. The van der Waals surface area contributed by atoms with E-state index in [0.29, 0.717) is 0 Å². The largest absolute Gasteiger partial charge is 0.512 e. The van der Waals surface area contributed by atoms with Crippen LogP contribution < -0.4 is 20.3 Å². The standard InChI is InChI=1S/C18H26N2O2Si/c1-13(2)23(14(3)4,21-17-9-5-15(19)6-10-17)22-18-11-7-16(20)8-12-18/h5-14H,19-20H2,1-4H3. The molecule has 0 unspecified atom stereocenters. The lowest BCUT2D eigenvalue weighted by atomic mass is 10.3. The van der Waals surface area contributed by atoms with Gasteiger partial charge in [0.1, 0.15) is 11.5 Å². The van der Waals surface area contributed by atoms with E-state index in [1.54, 1.807) is 0 Å². The predicted octanol–water partition coefficient (Wildman–Crippen LogP) is 4.57. The van der Waals surface area contributed by atoms with Crippen LogP contribution in [0.5, 0.6) is 11.5 Å². The number of anilines is 2. The molecule has 0 spiro atoms. The minimum Gasteiger partial charge on any atom is -0.512 e. The van der Waals surface area contributed by atoms with E-state index in [1.165, 1.54) is 0 Å². The van der Waals surface area contributed by atoms with Crippen molar-refractivity contribution >= 4 is 19.9 Å². The molecule has 0 radical (unpaired) electrons. The van der Waals surface area contributed by atoms with Crippen LogP contribution in [0.15, 0.2) is 48.5 Å². The molecular formula is C18H26N2O2Si. The molecule has 0 heterocycles. The predicted molar refractivity (Wildman–Crippen MR) is 98.9 cm³/mol. The van der Waals surface area contributed by atoms with Crippen molar-refractivity contribution in [2.75, 3.05) is 11.5 Å². The van der Waals surface area contributed by atoms with Gasteiger partial charge in [-0.15, -0.1) is 0 Å². The molecule has 2 aromatic rings. The summed E-state index contributed by atoms with van der Waals surface area (Å²) in [5.41, 5.74) is 13.5. The van der Waals surface area contributed by atoms with Crippen molar-refractivity contribution in [3.63, 3.8) is 0 Å². The summed E-state index contributed by atoms with van der Waals surface area (Å²) in [5, 5.41) is 0. The van der Waals surface area contributed by atoms with E-state index in [2.05, 4.69) is 27.7 Å². The summed E-state index contributed by atoms with van der Waals surface area (Å²) in [6.07, 6.45) is 0. The van der Waals surface area contributed by atoms with Crippen molar-refractivity contribution in [1.29, 1.82) is 0 Å². The second kappa shape index (κ2) is 6.96. The van der Waals surface area contributed by atoms with Gasteiger partial charge >= 0.3 is 8.56 Å². The third-order valence-electron chi connectivity index (χ3n) is 3.92. The highest BCUT2D eigenvalue weighted by Crippen LogP contribution is 2.37. The van der Waals surface area contributed by atoms with Gasteiger partial charge in [-0.1, -0.05) is 27.7 Å². The fraction of sp³-hybridized carbons (Fsp3) is 0.333. The zero-order valence-electron chi connectivity index (χ0n) is 14.2. The first-order valence-electron chi connectivity index (χ1n) is 7.92. The molecule has 0 bridgehead atoms. The molecule has 0 aliphatic rings. The first-order chi connectivity index (χ1) is 10.8. The van der Waals surface area contributed by atoms with Crippen molar-refractivity contribution in [3.05, 3.63) is 48.5 Å². The monoisotopic (exact) mass is 330 g/mol. The lowest BCUT2D eigenvalue weighted by molar-refractivity contribution is 0.351. The fourth-order valence-electron chi connectivity index (χ4n) is 2.60. The molecule has 4 nitrogen and oxygen atoms in total. The Morgan fingerprint density at radius 1 is 0.652 bits per heavy atom. The fourth-order valence-corrected chi connectivity index (χ4v) is 5.93. The van der Waals surface area contributed by atoms with Crippen LogP contribution in [0.1, 0.15) is 27.7 Å². The van der Waals surface area contributed by atoms with Gasteiger partial charge in [-0.3, -0.25) is 0 Å². The number of hydrogen-bond acceptors (Lipinski definition) is 4. The van der Waals surface area contributed by atoms with Crippen LogP contribution in [-0.4, -0.2) is 8.56 Å². The molecule has 124 valence electrons. The maximum absolute atomic E-state index is 6.44. The average Bonchev–Trinajstić information content (AvgIpc) is 2.50. The van der Waals surface area contributed by atoms with Crippen molar-refractivity contribution in [2.24, 2.45) is 0 Å². The number of hydrogen-bond donors (Lipinski definition) is 2.